The summed E-state index contributed by atoms with van der Waals surface area (Å²) in [5, 5.41) is 24.7. The standard InChI is InChI=1S/C5H5F2Si.3C4H10O.Hf/c6-8(7)5-3-1-2-4-5;3*1-4(2)3-5;/h1-4,8H;3*4-5H,3H2,1-2H3;/q-1;;;;. The Morgan fingerprint density at radius 3 is 1.04 bits per heavy atom. The Kier molecular flexibility index (Phi) is 30.8. The van der Waals surface area contributed by atoms with Gasteiger partial charge in [0.05, 0.1) is 0 Å². The Balaban J connectivity index is -0.000000113. The molecule has 24 heavy (non-hydrogen) atoms. The van der Waals surface area contributed by atoms with Gasteiger partial charge in [-0.05, 0) is 17.8 Å². The maximum atomic E-state index is 11.7. The number of hydrogen-bond acceptors (Lipinski definition) is 3. The minimum Gasteiger partial charge on any atom is -0.396 e. The summed E-state index contributed by atoms with van der Waals surface area (Å²) in [6, 6.07) is 6.21. The molecule has 0 heterocycles. The molecule has 0 spiro atoms. The minimum absolute atomic E-state index is 0. The van der Waals surface area contributed by atoms with Crippen LogP contribution >= 0.6 is 0 Å². The molecule has 0 unspecified atom stereocenters. The second-order valence-electron chi connectivity index (χ2n) is 6.25. The van der Waals surface area contributed by atoms with Crippen molar-refractivity contribution in [1.29, 1.82) is 0 Å². The third-order valence-electron chi connectivity index (χ3n) is 2.04. The van der Waals surface area contributed by atoms with E-state index in [1.807, 2.05) is 41.5 Å². The normalized spacial score (nSPS) is 9.46. The summed E-state index contributed by atoms with van der Waals surface area (Å²) in [6.07, 6.45) is 0. The maximum Gasteiger partial charge on any atom is 0.387 e. The van der Waals surface area contributed by atoms with Crippen LogP contribution in [0.3, 0.4) is 0 Å². The van der Waals surface area contributed by atoms with E-state index in [-0.39, 0.29) is 31.0 Å². The fraction of sp³-hybridized carbons (Fsp3) is 0.706. The first kappa shape index (κ1) is 31.9. The van der Waals surface area contributed by atoms with E-state index in [1.165, 1.54) is 12.1 Å². The molecule has 7 heteroatoms. The van der Waals surface area contributed by atoms with Crippen LogP contribution in [0.4, 0.5) is 8.22 Å². The molecule has 0 radical (unpaired) electrons. The van der Waals surface area contributed by atoms with Gasteiger partial charge in [-0.15, -0.1) is 5.19 Å². The van der Waals surface area contributed by atoms with Gasteiger partial charge in [-0.2, -0.15) is 12.1 Å². The van der Waals surface area contributed by atoms with E-state index in [1.54, 1.807) is 12.1 Å². The monoisotopic (exact) mass is 533 g/mol. The average Bonchev–Trinajstić information content (AvgIpc) is 3.03. The molecule has 0 atom stereocenters. The molecular formula is C17H35F2HfO3Si-. The van der Waals surface area contributed by atoms with Crippen molar-refractivity contribution >= 4 is 14.7 Å². The SMILES string of the molecule is CC(C)CO.CC(C)CO.CC(C)CO.F[SiH](F)[c-]1cccc1.[Hf]. The molecule has 0 fully saturated rings. The smallest absolute Gasteiger partial charge is 0.387 e. The molecule has 144 valence electrons. The number of halogens is 2. The molecule has 1 aromatic rings. The third kappa shape index (κ3) is 33.7. The molecule has 0 amide bonds. The van der Waals surface area contributed by atoms with E-state index in [9.17, 15) is 8.22 Å². The Morgan fingerprint density at radius 1 is 0.750 bits per heavy atom. The fourth-order valence-corrected chi connectivity index (χ4v) is 1.05. The first-order valence-corrected chi connectivity index (χ1v) is 9.39. The van der Waals surface area contributed by atoms with Crippen LogP contribution in [-0.2, 0) is 25.8 Å². The van der Waals surface area contributed by atoms with Gasteiger partial charge in [0.2, 0.25) is 0 Å². The van der Waals surface area contributed by atoms with Crippen LogP contribution in [-0.4, -0.2) is 44.6 Å². The summed E-state index contributed by atoms with van der Waals surface area (Å²) in [5.74, 6) is 1.32. The molecule has 3 nitrogen and oxygen atoms in total. The Morgan fingerprint density at radius 2 is 0.958 bits per heavy atom. The average molecular weight is 532 g/mol. The summed E-state index contributed by atoms with van der Waals surface area (Å²) >= 11 is 0. The van der Waals surface area contributed by atoms with Gasteiger partial charge in [-0.25, -0.2) is 12.1 Å². The summed E-state index contributed by atoms with van der Waals surface area (Å²) in [6.45, 7) is 12.7. The van der Waals surface area contributed by atoms with E-state index in [2.05, 4.69) is 0 Å². The zero-order valence-corrected chi connectivity index (χ0v) is 20.6. The molecule has 0 aliphatic rings. The zero-order valence-electron chi connectivity index (χ0n) is 15.8. The molecule has 0 aliphatic carbocycles. The molecule has 0 saturated carbocycles. The van der Waals surface area contributed by atoms with E-state index in [4.69, 9.17) is 15.3 Å². The van der Waals surface area contributed by atoms with Crippen LogP contribution < -0.4 is 5.19 Å². The van der Waals surface area contributed by atoms with Gasteiger partial charge in [-0.1, -0.05) is 41.5 Å². The summed E-state index contributed by atoms with van der Waals surface area (Å²) < 4.78 is 23.5. The van der Waals surface area contributed by atoms with Gasteiger partial charge in [0.15, 0.2) is 0 Å². The Labute approximate surface area is 167 Å². The number of hydrogen-bond donors (Lipinski definition) is 3. The topological polar surface area (TPSA) is 60.7 Å². The van der Waals surface area contributed by atoms with Crippen LogP contribution in [0.1, 0.15) is 41.5 Å². The molecule has 0 aliphatic heterocycles. The first-order valence-electron chi connectivity index (χ1n) is 7.94. The van der Waals surface area contributed by atoms with Gasteiger partial charge < -0.3 is 15.3 Å². The number of rotatable bonds is 4. The van der Waals surface area contributed by atoms with Crippen molar-refractivity contribution in [3.05, 3.63) is 24.3 Å². The van der Waals surface area contributed by atoms with Crippen LogP contribution in [0.15, 0.2) is 24.3 Å². The minimum atomic E-state index is -3.48. The first-order chi connectivity index (χ1) is 10.6. The van der Waals surface area contributed by atoms with Gasteiger partial charge in [-0.3, -0.25) is 8.22 Å². The molecule has 3 N–H and O–H groups in total. The second kappa shape index (κ2) is 23.2. The van der Waals surface area contributed by atoms with Crippen LogP contribution in [0.2, 0.25) is 0 Å². The van der Waals surface area contributed by atoms with Crippen molar-refractivity contribution in [2.45, 2.75) is 41.5 Å². The predicted molar refractivity (Wildman–Crippen MR) is 96.8 cm³/mol. The van der Waals surface area contributed by atoms with E-state index >= 15 is 0 Å². The van der Waals surface area contributed by atoms with Gasteiger partial charge >= 0.3 is 9.46 Å². The Hall–Kier alpha value is 0.177. The van der Waals surface area contributed by atoms with E-state index in [0.29, 0.717) is 37.6 Å². The van der Waals surface area contributed by atoms with E-state index in [0.717, 1.165) is 0 Å². The van der Waals surface area contributed by atoms with Gasteiger partial charge in [0.1, 0.15) is 0 Å². The molecule has 0 saturated heterocycles. The quantitative estimate of drug-likeness (QED) is 0.318. The van der Waals surface area contributed by atoms with Crippen LogP contribution in [0.25, 0.3) is 0 Å². The van der Waals surface area contributed by atoms with Gasteiger partial charge in [0.25, 0.3) is 0 Å². The van der Waals surface area contributed by atoms with Crippen molar-refractivity contribution in [3.63, 3.8) is 0 Å². The van der Waals surface area contributed by atoms with Crippen LogP contribution in [0.5, 0.6) is 0 Å². The summed E-state index contributed by atoms with van der Waals surface area (Å²) in [4.78, 5) is 0. The summed E-state index contributed by atoms with van der Waals surface area (Å²) in [5.41, 5.74) is 0. The molecule has 1 rings (SSSR count). The molecular weight excluding hydrogens is 497 g/mol. The van der Waals surface area contributed by atoms with Crippen molar-refractivity contribution in [2.75, 3.05) is 19.8 Å². The number of aliphatic hydroxyl groups is 3. The van der Waals surface area contributed by atoms with Crippen molar-refractivity contribution in [3.8, 4) is 0 Å². The summed E-state index contributed by atoms with van der Waals surface area (Å²) in [7, 11) is -3.48. The van der Waals surface area contributed by atoms with Crippen molar-refractivity contribution in [2.24, 2.45) is 17.8 Å². The molecule has 1 aromatic carbocycles. The van der Waals surface area contributed by atoms with Crippen molar-refractivity contribution < 1.29 is 49.4 Å². The van der Waals surface area contributed by atoms with Crippen molar-refractivity contribution in [1.82, 2.24) is 0 Å². The Bertz CT molecular complexity index is 290. The fourth-order valence-electron chi connectivity index (χ4n) is 0.534. The van der Waals surface area contributed by atoms with Crippen LogP contribution in [0, 0.1) is 17.8 Å². The molecule has 0 bridgehead atoms. The predicted octanol–water partition coefficient (Wildman–Crippen LogP) is 2.67. The molecule has 0 aromatic heterocycles. The number of aliphatic hydroxyl groups excluding tert-OH is 3. The largest absolute Gasteiger partial charge is 0.396 e. The second-order valence-corrected chi connectivity index (χ2v) is 7.52. The zero-order chi connectivity index (χ0) is 18.8. The van der Waals surface area contributed by atoms with Gasteiger partial charge in [0, 0.05) is 45.7 Å². The van der Waals surface area contributed by atoms with E-state index < -0.39 is 9.46 Å². The third-order valence-corrected chi connectivity index (χ3v) is 2.92. The maximum absolute atomic E-state index is 11.7.